The van der Waals surface area contributed by atoms with E-state index in [1.807, 2.05) is 0 Å². The normalized spacial score (nSPS) is 22.7. The Morgan fingerprint density at radius 1 is 0.651 bits per heavy atom. The molecule has 1 fully saturated rings. The van der Waals surface area contributed by atoms with Crippen LogP contribution in [0.15, 0.2) is 84.0 Å². The number of para-hydroxylation sites is 1. The number of aliphatic hydroxyl groups excluding tert-OH is 2. The molecule has 4 aromatic rings. The second-order valence-corrected chi connectivity index (χ2v) is 23.0. The van der Waals surface area contributed by atoms with Crippen molar-refractivity contribution in [1.29, 1.82) is 0 Å². The molecule has 466 valence electrons. The monoisotopic (exact) mass is 1230 g/mol. The minimum atomic E-state index is -1.75. The second kappa shape index (κ2) is 33.7. The predicted molar refractivity (Wildman–Crippen MR) is 320 cm³/mol. The van der Waals surface area contributed by atoms with Crippen molar-refractivity contribution in [2.45, 2.75) is 107 Å². The number of carbonyl (C=O) groups excluding carboxylic acids is 10. The molecule has 31 heteroatoms. The van der Waals surface area contributed by atoms with Gasteiger partial charge in [-0.25, -0.2) is 0 Å². The standard InChI is InChI=1S/C55H75N15O14S2/c1-28(2)45-54(84)66-38(21-30-11-15-33(74)16-12-30)49(79)64-37(8-5-18-61-55(58)59)48(78)60-19-17-44(75)63-40(24-71)51(81)65-39(22-31-23-62-36-7-4-3-6-34(31)36)50(80)67-41(25-72)52(82)68-42(46(57)76)26-85-86-27-43(53(83)70-45)69-47(77)35(56)20-29-9-13-32(73)14-10-29/h3-4,6-7,9-16,23,28,35,37-43,45,62,71-74H,5,8,17-22,24-27,56H2,1-2H3,(H2,57,76)(H,60,78)(H,63,75)(H,64,79)(H,65,81)(H,66,84)(H,67,80)(H,68,82)(H,69,77)(H,70,83)(H4,58,59,61)/t35-,37-,38-,39-,40-,41-,42-,43-,45-/m0/s1. The first kappa shape index (κ1) is 68.1. The number of primary amides is 1. The SMILES string of the molecule is CC(C)[C@@H]1NC(=O)[C@@H](NC(=O)[C@@H](N)Cc2ccc(O)cc2)CSSC[C@@H](C(N)=O)NC(=O)[C@H](CO)NC(=O)[C@H](Cc2c[nH]c3ccccc23)NC(=O)[C@H](CO)NC(=O)CCNC(=O)[C@H](CCCN=C(N)N)NC(=O)[C@H](Cc2ccc(O)cc2)NC1=O. The zero-order valence-corrected chi connectivity index (χ0v) is 48.8. The molecule has 5 rings (SSSR count). The molecule has 1 aromatic heterocycles. The summed E-state index contributed by atoms with van der Waals surface area (Å²) in [5, 5.41) is 64.1. The van der Waals surface area contributed by atoms with Crippen molar-refractivity contribution >= 4 is 97.5 Å². The van der Waals surface area contributed by atoms with Gasteiger partial charge >= 0.3 is 0 Å². The second-order valence-electron chi connectivity index (χ2n) is 20.5. The lowest BCUT2D eigenvalue weighted by Crippen LogP contribution is -2.60. The van der Waals surface area contributed by atoms with E-state index in [1.54, 1.807) is 56.4 Å². The number of guanidine groups is 1. The van der Waals surface area contributed by atoms with Crippen LogP contribution >= 0.6 is 21.6 Å². The first-order chi connectivity index (χ1) is 41.0. The molecule has 0 saturated carbocycles. The van der Waals surface area contributed by atoms with E-state index < -0.39 is 139 Å². The maximum atomic E-state index is 14.5. The van der Waals surface area contributed by atoms with Crippen LogP contribution in [-0.4, -0.2) is 183 Å². The number of carbonyl (C=O) groups is 10. The summed E-state index contributed by atoms with van der Waals surface area (Å²) in [5.74, 6) is -10.9. The van der Waals surface area contributed by atoms with Crippen LogP contribution in [0.25, 0.3) is 10.9 Å². The molecule has 3 aromatic carbocycles. The van der Waals surface area contributed by atoms with Gasteiger partial charge in [0.25, 0.3) is 0 Å². The van der Waals surface area contributed by atoms with Crippen molar-refractivity contribution in [3.63, 3.8) is 0 Å². The molecular weight excluding hydrogens is 1160 g/mol. The van der Waals surface area contributed by atoms with E-state index in [-0.39, 0.29) is 74.2 Å². The number of rotatable bonds is 16. The van der Waals surface area contributed by atoms with Crippen LogP contribution < -0.4 is 70.8 Å². The number of amides is 10. The quantitative estimate of drug-likeness (QED) is 0.0219. The molecule has 1 aliphatic heterocycles. The highest BCUT2D eigenvalue weighted by atomic mass is 33.1. The summed E-state index contributed by atoms with van der Waals surface area (Å²) in [6.45, 7) is 0.847. The summed E-state index contributed by atoms with van der Waals surface area (Å²) >= 11 is 0. The topological polar surface area (TPSA) is 492 Å². The molecule has 1 saturated heterocycles. The summed E-state index contributed by atoms with van der Waals surface area (Å²) in [6.07, 6.45) is 0.676. The largest absolute Gasteiger partial charge is 0.508 e. The smallest absolute Gasteiger partial charge is 0.245 e. The van der Waals surface area contributed by atoms with Gasteiger partial charge in [0.05, 0.1) is 19.3 Å². The van der Waals surface area contributed by atoms with Gasteiger partial charge < -0.3 is 96.2 Å². The molecule has 10 amide bonds. The van der Waals surface area contributed by atoms with Crippen LogP contribution in [0.4, 0.5) is 0 Å². The van der Waals surface area contributed by atoms with E-state index in [2.05, 4.69) is 57.8 Å². The maximum Gasteiger partial charge on any atom is 0.245 e. The number of hydrogen-bond donors (Lipinski definition) is 18. The van der Waals surface area contributed by atoms with Crippen molar-refractivity contribution in [3.8, 4) is 11.5 Å². The number of hydrogen-bond acceptors (Lipinski definition) is 18. The van der Waals surface area contributed by atoms with Crippen molar-refractivity contribution in [3.05, 3.63) is 95.7 Å². The molecule has 0 radical (unpaired) electrons. The zero-order valence-electron chi connectivity index (χ0n) is 47.2. The fourth-order valence-corrected chi connectivity index (χ4v) is 11.0. The molecule has 0 spiro atoms. The van der Waals surface area contributed by atoms with Crippen molar-refractivity contribution < 1.29 is 68.4 Å². The van der Waals surface area contributed by atoms with Gasteiger partial charge in [0.15, 0.2) is 5.96 Å². The Morgan fingerprint density at radius 3 is 1.84 bits per heavy atom. The molecule has 0 unspecified atom stereocenters. The van der Waals surface area contributed by atoms with E-state index in [1.165, 1.54) is 36.4 Å². The maximum absolute atomic E-state index is 14.5. The molecule has 0 aliphatic carbocycles. The number of aliphatic imine (C=N–C) groups is 1. The Bertz CT molecular complexity index is 3040. The van der Waals surface area contributed by atoms with E-state index in [4.69, 9.17) is 22.9 Å². The van der Waals surface area contributed by atoms with Crippen molar-refractivity contribution in [2.75, 3.05) is 37.8 Å². The Kier molecular flexibility index (Phi) is 26.7. The number of aromatic amines is 1. The lowest BCUT2D eigenvalue weighted by molar-refractivity contribution is -0.135. The third kappa shape index (κ3) is 21.5. The minimum Gasteiger partial charge on any atom is -0.508 e. The lowest BCUT2D eigenvalue weighted by Gasteiger charge is -2.28. The third-order valence-electron chi connectivity index (χ3n) is 13.4. The highest BCUT2D eigenvalue weighted by Crippen LogP contribution is 2.24. The van der Waals surface area contributed by atoms with E-state index in [0.29, 0.717) is 27.6 Å². The number of phenols is 2. The average Bonchev–Trinajstić information content (AvgIpc) is 3.10. The lowest BCUT2D eigenvalue weighted by atomic mass is 10.00. The third-order valence-corrected chi connectivity index (χ3v) is 15.9. The fourth-order valence-electron chi connectivity index (χ4n) is 8.66. The minimum absolute atomic E-state index is 0.0248. The number of aromatic nitrogens is 1. The van der Waals surface area contributed by atoms with E-state index >= 15 is 0 Å². The van der Waals surface area contributed by atoms with Gasteiger partial charge in [-0.05, 0) is 72.2 Å². The first-order valence-corrected chi connectivity index (χ1v) is 29.8. The number of benzene rings is 3. The van der Waals surface area contributed by atoms with E-state index in [0.717, 1.165) is 21.6 Å². The zero-order chi connectivity index (χ0) is 63.0. The number of H-pyrrole nitrogens is 1. The molecular formula is C55H75N15O14S2. The van der Waals surface area contributed by atoms with Gasteiger partial charge in [-0.1, -0.05) is 77.9 Å². The van der Waals surface area contributed by atoms with Gasteiger partial charge in [0.1, 0.15) is 59.8 Å². The average molecular weight is 1230 g/mol. The molecule has 0 bridgehead atoms. The van der Waals surface area contributed by atoms with Crippen LogP contribution in [0.5, 0.6) is 11.5 Å². The summed E-state index contributed by atoms with van der Waals surface area (Å²) in [5.41, 5.74) is 25.3. The Balaban J connectivity index is 1.50. The molecule has 22 N–H and O–H groups in total. The molecule has 2 heterocycles. The van der Waals surface area contributed by atoms with Crippen LogP contribution in [-0.2, 0) is 67.2 Å². The van der Waals surface area contributed by atoms with Crippen LogP contribution in [0.2, 0.25) is 0 Å². The van der Waals surface area contributed by atoms with Crippen LogP contribution in [0, 0.1) is 5.92 Å². The summed E-state index contributed by atoms with van der Waals surface area (Å²) in [4.78, 5) is 146. The van der Waals surface area contributed by atoms with Crippen molar-refractivity contribution in [1.82, 2.24) is 52.8 Å². The number of phenolic OH excluding ortho intramolecular Hbond substituents is 2. The van der Waals surface area contributed by atoms with Gasteiger partial charge in [-0.2, -0.15) is 0 Å². The molecule has 86 heavy (non-hydrogen) atoms. The van der Waals surface area contributed by atoms with Crippen LogP contribution in [0.1, 0.15) is 49.8 Å². The summed E-state index contributed by atoms with van der Waals surface area (Å²) in [7, 11) is 1.85. The summed E-state index contributed by atoms with van der Waals surface area (Å²) in [6, 6.07) is 5.26. The van der Waals surface area contributed by atoms with Gasteiger partial charge in [-0.3, -0.25) is 52.9 Å². The number of nitrogens with one attached hydrogen (secondary N) is 10. The fraction of sp³-hybridized carbons (Fsp3) is 0.436. The van der Waals surface area contributed by atoms with Gasteiger partial charge in [0.2, 0.25) is 59.1 Å². The molecule has 9 atom stereocenters. The number of nitrogens with zero attached hydrogens (tertiary/aromatic N) is 1. The predicted octanol–water partition coefficient (Wildman–Crippen LogP) is -4.11. The molecule has 1 aliphatic rings. The number of aliphatic hydroxyl groups is 2. The first-order valence-electron chi connectivity index (χ1n) is 27.3. The number of aromatic hydroxyl groups is 2. The number of nitrogens with two attached hydrogens (primary N) is 4. The Labute approximate surface area is 502 Å². The van der Waals surface area contributed by atoms with E-state index in [9.17, 15) is 68.4 Å². The van der Waals surface area contributed by atoms with Crippen LogP contribution in [0.3, 0.4) is 0 Å². The van der Waals surface area contributed by atoms with Crippen molar-refractivity contribution in [2.24, 2.45) is 33.8 Å². The Hall–Kier alpha value is -8.65. The Morgan fingerprint density at radius 2 is 1.21 bits per heavy atom. The molecule has 29 nitrogen and oxygen atoms in total. The van der Waals surface area contributed by atoms with Gasteiger partial charge in [-0.15, -0.1) is 0 Å². The summed E-state index contributed by atoms with van der Waals surface area (Å²) < 4.78 is 0. The highest BCUT2D eigenvalue weighted by molar-refractivity contribution is 8.76. The number of fused-ring (bicyclic) bond motifs is 1. The van der Waals surface area contributed by atoms with Gasteiger partial charge in [0, 0.05) is 61.0 Å². The highest BCUT2D eigenvalue weighted by Gasteiger charge is 2.36.